The molecule has 102 valence electrons. The topological polar surface area (TPSA) is 66.0 Å². The monoisotopic (exact) mass is 334 g/mol. The van der Waals surface area contributed by atoms with Gasteiger partial charge in [-0.05, 0) is 34.1 Å². The summed E-state index contributed by atoms with van der Waals surface area (Å²) in [5.74, 6) is 0.0659. The summed E-state index contributed by atoms with van der Waals surface area (Å²) in [6.07, 6.45) is 0.501. The molecule has 5 nitrogen and oxygen atoms in total. The average molecular weight is 335 g/mol. The van der Waals surface area contributed by atoms with E-state index in [4.69, 9.17) is 9.62 Å². The van der Waals surface area contributed by atoms with E-state index in [1.54, 1.807) is 17.0 Å². The third-order valence-corrected chi connectivity index (χ3v) is 3.65. The van der Waals surface area contributed by atoms with E-state index in [0.717, 1.165) is 11.3 Å². The van der Waals surface area contributed by atoms with Crippen molar-refractivity contribution in [2.75, 3.05) is 11.4 Å². The van der Waals surface area contributed by atoms with Crippen molar-refractivity contribution in [3.05, 3.63) is 52.4 Å². The lowest BCUT2D eigenvalue weighted by atomic mass is 9.99. The van der Waals surface area contributed by atoms with Crippen LogP contribution < -0.4 is 4.90 Å². The standard InChI is InChI=1S/C14H11BrN2O3/c15-13-6-5-12(20-13)14(18)17-8-7-10(16-19)9-3-1-2-4-11(9)17/h1-6,19H,7-8H2. The first kappa shape index (κ1) is 12.9. The van der Waals surface area contributed by atoms with Crippen LogP contribution in [0.5, 0.6) is 0 Å². The molecule has 0 atom stereocenters. The maximum absolute atomic E-state index is 12.5. The van der Waals surface area contributed by atoms with E-state index in [9.17, 15) is 4.79 Å². The minimum Gasteiger partial charge on any atom is -0.444 e. The number of para-hydroxylation sites is 1. The number of hydrogen-bond acceptors (Lipinski definition) is 4. The Morgan fingerprint density at radius 1 is 1.30 bits per heavy atom. The maximum atomic E-state index is 12.5. The lowest BCUT2D eigenvalue weighted by Crippen LogP contribution is -2.37. The summed E-state index contributed by atoms with van der Waals surface area (Å²) in [5.41, 5.74) is 2.08. The minimum absolute atomic E-state index is 0.208. The summed E-state index contributed by atoms with van der Waals surface area (Å²) in [6, 6.07) is 10.7. The van der Waals surface area contributed by atoms with Crippen LogP contribution >= 0.6 is 15.9 Å². The van der Waals surface area contributed by atoms with Crippen molar-refractivity contribution >= 4 is 33.2 Å². The number of carbonyl (C=O) groups is 1. The second kappa shape index (κ2) is 5.13. The van der Waals surface area contributed by atoms with Crippen LogP contribution in [-0.4, -0.2) is 23.4 Å². The smallest absolute Gasteiger partial charge is 0.294 e. The second-order valence-corrected chi connectivity index (χ2v) is 5.16. The molecule has 3 rings (SSSR count). The number of benzene rings is 1. The molecule has 0 spiro atoms. The number of anilines is 1. The largest absolute Gasteiger partial charge is 0.444 e. The highest BCUT2D eigenvalue weighted by Crippen LogP contribution is 2.29. The average Bonchev–Trinajstić information content (AvgIpc) is 2.92. The molecule has 2 aromatic rings. The first-order valence-electron chi connectivity index (χ1n) is 6.08. The predicted molar refractivity (Wildman–Crippen MR) is 77.5 cm³/mol. The Kier molecular flexibility index (Phi) is 3.31. The summed E-state index contributed by atoms with van der Waals surface area (Å²) < 4.78 is 5.83. The van der Waals surface area contributed by atoms with Gasteiger partial charge < -0.3 is 14.5 Å². The van der Waals surface area contributed by atoms with Crippen molar-refractivity contribution in [1.82, 2.24) is 0 Å². The van der Waals surface area contributed by atoms with Gasteiger partial charge in [0.05, 0.1) is 11.4 Å². The van der Waals surface area contributed by atoms with Crippen molar-refractivity contribution in [2.24, 2.45) is 5.16 Å². The molecule has 0 aliphatic carbocycles. The fraction of sp³-hybridized carbons (Fsp3) is 0.143. The van der Waals surface area contributed by atoms with Gasteiger partial charge in [-0.3, -0.25) is 4.79 Å². The lowest BCUT2D eigenvalue weighted by molar-refractivity contribution is 0.0959. The number of fused-ring (bicyclic) bond motifs is 1. The van der Waals surface area contributed by atoms with E-state index < -0.39 is 0 Å². The molecule has 0 saturated heterocycles. The summed E-state index contributed by atoms with van der Waals surface area (Å²) >= 11 is 3.19. The highest BCUT2D eigenvalue weighted by atomic mass is 79.9. The normalized spacial score (nSPS) is 16.2. The maximum Gasteiger partial charge on any atom is 0.294 e. The van der Waals surface area contributed by atoms with Gasteiger partial charge in [-0.15, -0.1) is 0 Å². The van der Waals surface area contributed by atoms with Gasteiger partial charge in [-0.1, -0.05) is 23.4 Å². The zero-order valence-electron chi connectivity index (χ0n) is 10.4. The predicted octanol–water partition coefficient (Wildman–Crippen LogP) is 3.27. The zero-order valence-corrected chi connectivity index (χ0v) is 12.0. The van der Waals surface area contributed by atoms with E-state index in [2.05, 4.69) is 21.1 Å². The lowest BCUT2D eigenvalue weighted by Gasteiger charge is -2.29. The fourth-order valence-corrected chi connectivity index (χ4v) is 2.61. The van der Waals surface area contributed by atoms with Gasteiger partial charge in [0.25, 0.3) is 5.91 Å². The molecule has 0 radical (unpaired) electrons. The molecule has 20 heavy (non-hydrogen) atoms. The minimum atomic E-state index is -0.208. The van der Waals surface area contributed by atoms with Crippen molar-refractivity contribution in [3.63, 3.8) is 0 Å². The summed E-state index contributed by atoms with van der Waals surface area (Å²) in [6.45, 7) is 0.452. The van der Waals surface area contributed by atoms with E-state index in [1.807, 2.05) is 24.3 Å². The van der Waals surface area contributed by atoms with Crippen LogP contribution in [0.2, 0.25) is 0 Å². The molecule has 2 heterocycles. The molecule has 0 fully saturated rings. The number of nitrogens with zero attached hydrogens (tertiary/aromatic N) is 2. The van der Waals surface area contributed by atoms with Gasteiger partial charge >= 0.3 is 0 Å². The molecule has 1 aromatic heterocycles. The van der Waals surface area contributed by atoms with Crippen LogP contribution in [-0.2, 0) is 0 Å². The first-order chi connectivity index (χ1) is 9.70. The quantitative estimate of drug-likeness (QED) is 0.642. The van der Waals surface area contributed by atoms with Crippen molar-refractivity contribution in [1.29, 1.82) is 0 Å². The van der Waals surface area contributed by atoms with E-state index in [0.29, 0.717) is 23.3 Å². The molecule has 6 heteroatoms. The summed E-state index contributed by atoms with van der Waals surface area (Å²) in [5, 5.41) is 12.4. The van der Waals surface area contributed by atoms with Crippen LogP contribution in [0, 0.1) is 0 Å². The molecule has 1 N–H and O–H groups in total. The molecule has 1 amide bonds. The van der Waals surface area contributed by atoms with Crippen LogP contribution in [0.4, 0.5) is 5.69 Å². The second-order valence-electron chi connectivity index (χ2n) is 4.37. The Labute approximate surface area is 123 Å². The number of hydrogen-bond donors (Lipinski definition) is 1. The highest BCUT2D eigenvalue weighted by Gasteiger charge is 2.28. The molecule has 0 saturated carbocycles. The van der Waals surface area contributed by atoms with Crippen LogP contribution in [0.1, 0.15) is 22.5 Å². The number of oxime groups is 1. The first-order valence-corrected chi connectivity index (χ1v) is 6.87. The van der Waals surface area contributed by atoms with Gasteiger partial charge in [0.1, 0.15) is 0 Å². The Hall–Kier alpha value is -2.08. The molecule has 0 unspecified atom stereocenters. The molecular weight excluding hydrogens is 324 g/mol. The number of halogens is 1. The Balaban J connectivity index is 2.02. The Morgan fingerprint density at radius 3 is 2.80 bits per heavy atom. The Morgan fingerprint density at radius 2 is 2.10 bits per heavy atom. The number of furan rings is 1. The van der Waals surface area contributed by atoms with Gasteiger partial charge in [0.2, 0.25) is 0 Å². The van der Waals surface area contributed by atoms with Gasteiger partial charge in [-0.25, -0.2) is 0 Å². The van der Waals surface area contributed by atoms with Crippen LogP contribution in [0.3, 0.4) is 0 Å². The number of rotatable bonds is 1. The third kappa shape index (κ3) is 2.12. The van der Waals surface area contributed by atoms with Crippen molar-refractivity contribution in [2.45, 2.75) is 6.42 Å². The third-order valence-electron chi connectivity index (χ3n) is 3.23. The van der Waals surface area contributed by atoms with Gasteiger partial charge in [-0.2, -0.15) is 0 Å². The van der Waals surface area contributed by atoms with Crippen molar-refractivity contribution < 1.29 is 14.4 Å². The van der Waals surface area contributed by atoms with Crippen LogP contribution in [0.25, 0.3) is 0 Å². The van der Waals surface area contributed by atoms with Crippen LogP contribution in [0.15, 0.2) is 50.6 Å². The number of amides is 1. The molecule has 0 bridgehead atoms. The van der Waals surface area contributed by atoms with Gasteiger partial charge in [0.15, 0.2) is 10.4 Å². The van der Waals surface area contributed by atoms with Crippen molar-refractivity contribution in [3.8, 4) is 0 Å². The summed E-state index contributed by atoms with van der Waals surface area (Å²) in [4.78, 5) is 14.1. The molecular formula is C14H11BrN2O3. The van der Waals surface area contributed by atoms with E-state index in [-0.39, 0.29) is 11.7 Å². The highest BCUT2D eigenvalue weighted by molar-refractivity contribution is 9.10. The Bertz CT molecular complexity index is 693. The zero-order chi connectivity index (χ0) is 14.1. The SMILES string of the molecule is O=C(c1ccc(Br)o1)N1CCC(=NO)c2ccccc21. The van der Waals surface area contributed by atoms with Gasteiger partial charge in [0, 0.05) is 18.5 Å². The summed E-state index contributed by atoms with van der Waals surface area (Å²) in [7, 11) is 0. The molecule has 1 aliphatic heterocycles. The number of carbonyl (C=O) groups excluding carboxylic acids is 1. The van der Waals surface area contributed by atoms with E-state index in [1.165, 1.54) is 0 Å². The fourth-order valence-electron chi connectivity index (χ4n) is 2.30. The molecule has 1 aliphatic rings. The molecule has 1 aromatic carbocycles. The van der Waals surface area contributed by atoms with E-state index >= 15 is 0 Å².